The van der Waals surface area contributed by atoms with Crippen LogP contribution >= 0.6 is 11.6 Å². The lowest BCUT2D eigenvalue weighted by atomic mass is 9.95. The lowest BCUT2D eigenvalue weighted by Gasteiger charge is -2.21. The van der Waals surface area contributed by atoms with Gasteiger partial charge in [-0.05, 0) is 32.6 Å². The molecule has 1 aromatic heterocycles. The Labute approximate surface area is 153 Å². The second-order valence-electron chi connectivity index (χ2n) is 6.26. The molecule has 1 heterocycles. The molecule has 1 saturated carbocycles. The molecule has 0 spiro atoms. The van der Waals surface area contributed by atoms with Crippen LogP contribution in [0.2, 0.25) is 5.15 Å². The lowest BCUT2D eigenvalue weighted by Crippen LogP contribution is -2.30. The number of nitrogens with zero attached hydrogens (tertiary/aromatic N) is 2. The number of hydrogen-bond donors (Lipinski definition) is 3. The van der Waals surface area contributed by atoms with E-state index < -0.39 is 18.5 Å². The highest BCUT2D eigenvalue weighted by Crippen LogP contribution is 2.34. The molecule has 3 N–H and O–H groups in total. The first-order valence-corrected chi connectivity index (χ1v) is 9.07. The highest BCUT2D eigenvalue weighted by Gasteiger charge is 2.41. The van der Waals surface area contributed by atoms with Crippen LogP contribution in [0.25, 0.3) is 0 Å². The van der Waals surface area contributed by atoms with Crippen molar-refractivity contribution in [3.05, 3.63) is 22.7 Å². The molecule has 7 nitrogen and oxygen atoms in total. The predicted molar refractivity (Wildman–Crippen MR) is 92.2 cm³/mol. The number of hydrogen-bond acceptors (Lipinski definition) is 7. The summed E-state index contributed by atoms with van der Waals surface area (Å²) in [4.78, 5) is 8.37. The summed E-state index contributed by atoms with van der Waals surface area (Å²) in [6, 6.07) is 0. The second-order valence-corrected chi connectivity index (χ2v) is 6.62. The van der Waals surface area contributed by atoms with Gasteiger partial charge in [0.05, 0.1) is 12.2 Å². The van der Waals surface area contributed by atoms with E-state index in [-0.39, 0.29) is 18.4 Å². The topological polar surface area (TPSA) is 105 Å². The molecule has 2 rings (SSSR count). The third-order valence-electron chi connectivity index (χ3n) is 4.67. The summed E-state index contributed by atoms with van der Waals surface area (Å²) < 4.78 is 11.2. The minimum atomic E-state index is -0.921. The molecule has 0 radical (unpaired) electrons. The van der Waals surface area contributed by atoms with Crippen molar-refractivity contribution in [2.75, 3.05) is 19.8 Å². The van der Waals surface area contributed by atoms with E-state index in [1.54, 1.807) is 0 Å². The first kappa shape index (κ1) is 20.5. The standard InChI is InChI=1S/C17H27ClN2O5/c1-3-24-14(25-4-2)7-12-13(19-9-20-17(12)18)6-10-5-11(8-21)16(23)15(10)22/h9-11,14-16,21-23H,3-8H2,1-2H3/t10-,11+,15-,16+/m0/s1. The quantitative estimate of drug-likeness (QED) is 0.437. The van der Waals surface area contributed by atoms with Crippen LogP contribution < -0.4 is 0 Å². The molecular formula is C17H27ClN2O5. The number of aliphatic hydroxyl groups excluding tert-OH is 3. The smallest absolute Gasteiger partial charge is 0.161 e. The summed E-state index contributed by atoms with van der Waals surface area (Å²) in [7, 11) is 0. The monoisotopic (exact) mass is 374 g/mol. The third-order valence-corrected chi connectivity index (χ3v) is 5.00. The summed E-state index contributed by atoms with van der Waals surface area (Å²) in [5, 5.41) is 29.9. The summed E-state index contributed by atoms with van der Waals surface area (Å²) in [5.41, 5.74) is 1.43. The Morgan fingerprint density at radius 3 is 2.36 bits per heavy atom. The van der Waals surface area contributed by atoms with Gasteiger partial charge in [0.2, 0.25) is 0 Å². The van der Waals surface area contributed by atoms with Crippen molar-refractivity contribution < 1.29 is 24.8 Å². The molecule has 0 aliphatic heterocycles. The second kappa shape index (κ2) is 9.75. The van der Waals surface area contributed by atoms with Crippen molar-refractivity contribution in [2.45, 2.75) is 51.6 Å². The van der Waals surface area contributed by atoms with Crippen LogP contribution in [0.3, 0.4) is 0 Å². The van der Waals surface area contributed by atoms with Gasteiger partial charge in [0.25, 0.3) is 0 Å². The third kappa shape index (κ3) is 5.09. The van der Waals surface area contributed by atoms with Gasteiger partial charge in [-0.2, -0.15) is 0 Å². The highest BCUT2D eigenvalue weighted by molar-refractivity contribution is 6.30. The minimum absolute atomic E-state index is 0.150. The van der Waals surface area contributed by atoms with E-state index >= 15 is 0 Å². The number of aromatic nitrogens is 2. The minimum Gasteiger partial charge on any atom is -0.396 e. The molecule has 8 heteroatoms. The van der Waals surface area contributed by atoms with Crippen LogP contribution in [-0.2, 0) is 22.3 Å². The van der Waals surface area contributed by atoms with Crippen LogP contribution in [0.5, 0.6) is 0 Å². The largest absolute Gasteiger partial charge is 0.396 e. The summed E-state index contributed by atoms with van der Waals surface area (Å²) in [6.07, 6.45) is 0.507. The van der Waals surface area contributed by atoms with Crippen molar-refractivity contribution in [3.8, 4) is 0 Å². The Morgan fingerprint density at radius 1 is 1.16 bits per heavy atom. The van der Waals surface area contributed by atoms with Crippen LogP contribution in [-0.4, -0.2) is 63.6 Å². The molecule has 1 aromatic rings. The first-order valence-electron chi connectivity index (χ1n) is 8.70. The van der Waals surface area contributed by atoms with Gasteiger partial charge in [-0.25, -0.2) is 9.97 Å². The molecule has 142 valence electrons. The normalized spacial score (nSPS) is 26.5. The Kier molecular flexibility index (Phi) is 7.99. The van der Waals surface area contributed by atoms with E-state index in [2.05, 4.69) is 9.97 Å². The van der Waals surface area contributed by atoms with E-state index in [9.17, 15) is 15.3 Å². The molecule has 1 aliphatic rings. The maximum Gasteiger partial charge on any atom is 0.161 e. The highest BCUT2D eigenvalue weighted by atomic mass is 35.5. The first-order chi connectivity index (χ1) is 12.0. The van der Waals surface area contributed by atoms with Crippen molar-refractivity contribution in [3.63, 3.8) is 0 Å². The molecule has 0 unspecified atom stereocenters. The Balaban J connectivity index is 2.17. The average Bonchev–Trinajstić information content (AvgIpc) is 2.86. The molecule has 25 heavy (non-hydrogen) atoms. The van der Waals surface area contributed by atoms with Crippen molar-refractivity contribution in [1.29, 1.82) is 0 Å². The number of halogens is 1. The van der Waals surface area contributed by atoms with E-state index in [4.69, 9.17) is 21.1 Å². The zero-order chi connectivity index (χ0) is 18.4. The molecule has 0 saturated heterocycles. The van der Waals surface area contributed by atoms with Crippen LogP contribution in [0.4, 0.5) is 0 Å². The fraction of sp³-hybridized carbons (Fsp3) is 0.765. The Bertz CT molecular complexity index is 542. The van der Waals surface area contributed by atoms with Gasteiger partial charge in [0, 0.05) is 43.4 Å². The number of ether oxygens (including phenoxy) is 2. The van der Waals surface area contributed by atoms with Crippen LogP contribution in [0.1, 0.15) is 31.5 Å². The van der Waals surface area contributed by atoms with Crippen molar-refractivity contribution in [2.24, 2.45) is 11.8 Å². The molecule has 1 fully saturated rings. The number of aliphatic hydroxyl groups is 3. The molecular weight excluding hydrogens is 348 g/mol. The van der Waals surface area contributed by atoms with Crippen LogP contribution in [0.15, 0.2) is 6.33 Å². The SMILES string of the molecule is CCOC(Cc1c(Cl)ncnc1C[C@@H]1C[C@H](CO)[C@@H](O)[C@H]1O)OCC. The van der Waals surface area contributed by atoms with E-state index in [1.807, 2.05) is 13.8 Å². The molecule has 1 aliphatic carbocycles. The lowest BCUT2D eigenvalue weighted by molar-refractivity contribution is -0.134. The maximum absolute atomic E-state index is 10.2. The van der Waals surface area contributed by atoms with E-state index in [0.717, 1.165) is 5.56 Å². The van der Waals surface area contributed by atoms with Crippen molar-refractivity contribution >= 4 is 11.6 Å². The average molecular weight is 375 g/mol. The zero-order valence-corrected chi connectivity index (χ0v) is 15.4. The van der Waals surface area contributed by atoms with Gasteiger partial charge >= 0.3 is 0 Å². The fourth-order valence-corrected chi connectivity index (χ4v) is 3.60. The van der Waals surface area contributed by atoms with Gasteiger partial charge in [-0.3, -0.25) is 0 Å². The Morgan fingerprint density at radius 2 is 1.80 bits per heavy atom. The summed E-state index contributed by atoms with van der Waals surface area (Å²) in [6.45, 7) is 4.65. The van der Waals surface area contributed by atoms with Gasteiger partial charge in [0.1, 0.15) is 11.5 Å². The number of rotatable bonds is 9. The predicted octanol–water partition coefficient (Wildman–Crippen LogP) is 0.964. The Hall–Kier alpha value is -0.830. The summed E-state index contributed by atoms with van der Waals surface area (Å²) in [5.74, 6) is -0.519. The molecule has 0 aromatic carbocycles. The van der Waals surface area contributed by atoms with E-state index in [1.165, 1.54) is 6.33 Å². The van der Waals surface area contributed by atoms with E-state index in [0.29, 0.717) is 43.3 Å². The summed E-state index contributed by atoms with van der Waals surface area (Å²) >= 11 is 6.27. The fourth-order valence-electron chi connectivity index (χ4n) is 3.37. The van der Waals surface area contributed by atoms with Gasteiger partial charge in [-0.1, -0.05) is 11.6 Å². The molecule has 0 bridgehead atoms. The van der Waals surface area contributed by atoms with Gasteiger partial charge in [-0.15, -0.1) is 0 Å². The van der Waals surface area contributed by atoms with Gasteiger partial charge in [0.15, 0.2) is 6.29 Å². The molecule has 0 amide bonds. The molecule has 4 atom stereocenters. The van der Waals surface area contributed by atoms with Crippen molar-refractivity contribution in [1.82, 2.24) is 9.97 Å². The van der Waals surface area contributed by atoms with Crippen LogP contribution in [0, 0.1) is 11.8 Å². The van der Waals surface area contributed by atoms with Gasteiger partial charge < -0.3 is 24.8 Å². The zero-order valence-electron chi connectivity index (χ0n) is 14.6. The maximum atomic E-state index is 10.2.